The molecular formula is C23H22FNO3. The van der Waals surface area contributed by atoms with Crippen molar-refractivity contribution in [3.05, 3.63) is 71.2 Å². The number of ketones is 1. The van der Waals surface area contributed by atoms with Gasteiger partial charge in [0.05, 0.1) is 12.1 Å². The van der Waals surface area contributed by atoms with E-state index in [1.165, 1.54) is 12.1 Å². The van der Waals surface area contributed by atoms with Gasteiger partial charge in [0, 0.05) is 17.0 Å². The van der Waals surface area contributed by atoms with Gasteiger partial charge in [-0.25, -0.2) is 13.8 Å². The number of halogens is 1. The summed E-state index contributed by atoms with van der Waals surface area (Å²) in [7, 11) is 0. The van der Waals surface area contributed by atoms with Gasteiger partial charge in [-0.1, -0.05) is 30.3 Å². The molecular weight excluding hydrogens is 357 g/mol. The standard InChI is InChI=1S/C23H22FNO3/c1-3-28-23(27)25-21-7-5-4-6-17(21)20-12-18(14(2)26)19(13-22(20)25)15-8-10-16(24)11-9-15/h4-11,18-19H,3,12-13H2,1-2H3/t18-,19+/m0/s1. The van der Waals surface area contributed by atoms with Gasteiger partial charge in [0.1, 0.15) is 11.6 Å². The van der Waals surface area contributed by atoms with E-state index in [4.69, 9.17) is 4.74 Å². The van der Waals surface area contributed by atoms with Crippen molar-refractivity contribution >= 4 is 22.8 Å². The highest BCUT2D eigenvalue weighted by Crippen LogP contribution is 2.42. The van der Waals surface area contributed by atoms with E-state index in [1.807, 2.05) is 24.3 Å². The number of fused-ring (bicyclic) bond motifs is 3. The molecule has 0 N–H and O–H groups in total. The Bertz CT molecular complexity index is 1050. The van der Waals surface area contributed by atoms with Gasteiger partial charge in [-0.3, -0.25) is 4.79 Å². The lowest BCUT2D eigenvalue weighted by Gasteiger charge is -2.31. The van der Waals surface area contributed by atoms with Crippen LogP contribution in [0.3, 0.4) is 0 Å². The summed E-state index contributed by atoms with van der Waals surface area (Å²) < 4.78 is 20.3. The van der Waals surface area contributed by atoms with E-state index in [0.29, 0.717) is 12.8 Å². The number of ether oxygens (including phenoxy) is 1. The van der Waals surface area contributed by atoms with Crippen LogP contribution < -0.4 is 0 Å². The Morgan fingerprint density at radius 2 is 1.82 bits per heavy atom. The second kappa shape index (κ2) is 7.23. The molecule has 0 radical (unpaired) electrons. The van der Waals surface area contributed by atoms with Gasteiger partial charge in [-0.2, -0.15) is 0 Å². The van der Waals surface area contributed by atoms with Gasteiger partial charge in [-0.05, 0) is 61.9 Å². The van der Waals surface area contributed by atoms with Crippen LogP contribution in [0, 0.1) is 11.7 Å². The molecule has 0 saturated carbocycles. The summed E-state index contributed by atoms with van der Waals surface area (Å²) in [4.78, 5) is 25.2. The van der Waals surface area contributed by atoms with Gasteiger partial charge in [0.2, 0.25) is 0 Å². The molecule has 0 spiro atoms. The van der Waals surface area contributed by atoms with E-state index in [9.17, 15) is 14.0 Å². The minimum Gasteiger partial charge on any atom is -0.449 e. The number of Topliss-reactive ketones (excluding diaryl/α,β-unsaturated/α-hetero) is 1. The Hall–Kier alpha value is -2.95. The fourth-order valence-electron chi connectivity index (χ4n) is 4.40. The minimum absolute atomic E-state index is 0.105. The summed E-state index contributed by atoms with van der Waals surface area (Å²) in [5.74, 6) is -0.518. The quantitative estimate of drug-likeness (QED) is 0.652. The number of hydrogen-bond donors (Lipinski definition) is 0. The van der Waals surface area contributed by atoms with E-state index < -0.39 is 6.09 Å². The lowest BCUT2D eigenvalue weighted by molar-refractivity contribution is -0.121. The molecule has 0 bridgehead atoms. The minimum atomic E-state index is -0.404. The van der Waals surface area contributed by atoms with Crippen LogP contribution in [0.4, 0.5) is 9.18 Å². The summed E-state index contributed by atoms with van der Waals surface area (Å²) in [6, 6.07) is 14.0. The zero-order chi connectivity index (χ0) is 19.8. The maximum absolute atomic E-state index is 13.4. The molecule has 2 atom stereocenters. The molecule has 1 aliphatic rings. The third kappa shape index (κ3) is 3.01. The highest BCUT2D eigenvalue weighted by molar-refractivity contribution is 5.95. The summed E-state index contributed by atoms with van der Waals surface area (Å²) in [6.07, 6.45) is 0.678. The van der Waals surface area contributed by atoms with Gasteiger partial charge in [0.15, 0.2) is 0 Å². The molecule has 4 nitrogen and oxygen atoms in total. The number of hydrogen-bond acceptors (Lipinski definition) is 3. The van der Waals surface area contributed by atoms with Crippen molar-refractivity contribution < 1.29 is 18.7 Å². The number of rotatable bonds is 3. The Kier molecular flexibility index (Phi) is 4.75. The summed E-state index contributed by atoms with van der Waals surface area (Å²) in [5.41, 5.74) is 3.62. The first-order valence-electron chi connectivity index (χ1n) is 9.55. The molecule has 0 saturated heterocycles. The highest BCUT2D eigenvalue weighted by atomic mass is 19.1. The lowest BCUT2D eigenvalue weighted by atomic mass is 9.72. The van der Waals surface area contributed by atoms with Crippen LogP contribution in [0.1, 0.15) is 36.6 Å². The molecule has 0 aliphatic heterocycles. The van der Waals surface area contributed by atoms with Crippen LogP contribution in [0.25, 0.3) is 10.9 Å². The number of carbonyl (C=O) groups is 2. The van der Waals surface area contributed by atoms with Gasteiger partial charge >= 0.3 is 6.09 Å². The smallest absolute Gasteiger partial charge is 0.418 e. The van der Waals surface area contributed by atoms with Crippen molar-refractivity contribution in [1.82, 2.24) is 4.57 Å². The maximum Gasteiger partial charge on any atom is 0.418 e. The first-order chi connectivity index (χ1) is 13.5. The fraction of sp³-hybridized carbons (Fsp3) is 0.304. The fourth-order valence-corrected chi connectivity index (χ4v) is 4.40. The predicted molar refractivity (Wildman–Crippen MR) is 105 cm³/mol. The van der Waals surface area contributed by atoms with Crippen LogP contribution in [0.5, 0.6) is 0 Å². The van der Waals surface area contributed by atoms with Crippen molar-refractivity contribution in [1.29, 1.82) is 0 Å². The molecule has 0 unspecified atom stereocenters. The number of carbonyl (C=O) groups excluding carboxylic acids is 2. The first kappa shape index (κ1) is 18.4. The summed E-state index contributed by atoms with van der Waals surface area (Å²) in [5, 5.41) is 0.981. The van der Waals surface area contributed by atoms with Crippen molar-refractivity contribution in [2.45, 2.75) is 32.6 Å². The summed E-state index contributed by atoms with van der Waals surface area (Å²) in [6.45, 7) is 3.68. The van der Waals surface area contributed by atoms with Crippen LogP contribution in [0.15, 0.2) is 48.5 Å². The van der Waals surface area contributed by atoms with Gasteiger partial charge < -0.3 is 4.74 Å². The molecule has 144 valence electrons. The van der Waals surface area contributed by atoms with E-state index in [-0.39, 0.29) is 30.0 Å². The van der Waals surface area contributed by atoms with Gasteiger partial charge in [0.25, 0.3) is 0 Å². The molecule has 0 amide bonds. The second-order valence-corrected chi connectivity index (χ2v) is 7.26. The SMILES string of the molecule is CCOC(=O)n1c2c(c3ccccc31)C[C@@H](C(C)=O)[C@@H](c1ccc(F)cc1)C2. The first-order valence-corrected chi connectivity index (χ1v) is 9.55. The monoisotopic (exact) mass is 379 g/mol. The number of para-hydroxylation sites is 1. The number of benzene rings is 2. The van der Waals surface area contributed by atoms with Gasteiger partial charge in [-0.15, -0.1) is 0 Å². The van der Waals surface area contributed by atoms with E-state index in [0.717, 1.165) is 27.7 Å². The molecule has 3 aromatic rings. The average molecular weight is 379 g/mol. The Labute approximate surface area is 162 Å². The zero-order valence-electron chi connectivity index (χ0n) is 15.9. The number of nitrogens with zero attached hydrogens (tertiary/aromatic N) is 1. The van der Waals surface area contributed by atoms with Crippen molar-refractivity contribution in [3.63, 3.8) is 0 Å². The molecule has 1 heterocycles. The van der Waals surface area contributed by atoms with Crippen LogP contribution in [0.2, 0.25) is 0 Å². The molecule has 5 heteroatoms. The normalized spacial score (nSPS) is 18.7. The Morgan fingerprint density at radius 1 is 1.11 bits per heavy atom. The number of aromatic nitrogens is 1. The second-order valence-electron chi connectivity index (χ2n) is 7.26. The van der Waals surface area contributed by atoms with Crippen LogP contribution in [-0.4, -0.2) is 23.1 Å². The van der Waals surface area contributed by atoms with Crippen LogP contribution in [-0.2, 0) is 22.4 Å². The third-order valence-corrected chi connectivity index (χ3v) is 5.68. The molecule has 28 heavy (non-hydrogen) atoms. The Morgan fingerprint density at radius 3 is 2.50 bits per heavy atom. The van der Waals surface area contributed by atoms with E-state index in [2.05, 4.69) is 0 Å². The van der Waals surface area contributed by atoms with Crippen molar-refractivity contribution in [2.24, 2.45) is 5.92 Å². The summed E-state index contributed by atoms with van der Waals surface area (Å²) >= 11 is 0. The topological polar surface area (TPSA) is 48.3 Å². The van der Waals surface area contributed by atoms with E-state index >= 15 is 0 Å². The highest BCUT2D eigenvalue weighted by Gasteiger charge is 2.37. The molecule has 0 fully saturated rings. The molecule has 1 aliphatic carbocycles. The van der Waals surface area contributed by atoms with Crippen molar-refractivity contribution in [2.75, 3.05) is 6.61 Å². The third-order valence-electron chi connectivity index (χ3n) is 5.68. The maximum atomic E-state index is 13.4. The Balaban J connectivity index is 1.89. The zero-order valence-corrected chi connectivity index (χ0v) is 15.9. The largest absolute Gasteiger partial charge is 0.449 e. The molecule has 2 aromatic carbocycles. The molecule has 4 rings (SSSR count). The van der Waals surface area contributed by atoms with Crippen LogP contribution >= 0.6 is 0 Å². The predicted octanol–water partition coefficient (Wildman–Crippen LogP) is 4.87. The van der Waals surface area contributed by atoms with E-state index in [1.54, 1.807) is 30.5 Å². The average Bonchev–Trinajstić information content (AvgIpc) is 3.01. The lowest BCUT2D eigenvalue weighted by Crippen LogP contribution is -2.30. The van der Waals surface area contributed by atoms with Crippen molar-refractivity contribution in [3.8, 4) is 0 Å². The molecule has 1 aromatic heterocycles.